The summed E-state index contributed by atoms with van der Waals surface area (Å²) < 4.78 is 5.40. The Morgan fingerprint density at radius 2 is 1.88 bits per heavy atom. The van der Waals surface area contributed by atoms with E-state index in [1.54, 1.807) is 17.5 Å². The molecular formula is C25H24N4O2S. The highest BCUT2D eigenvalue weighted by Gasteiger charge is 2.25. The Morgan fingerprint density at radius 3 is 2.62 bits per heavy atom. The molecule has 6 nitrogen and oxygen atoms in total. The van der Waals surface area contributed by atoms with E-state index in [2.05, 4.69) is 29.4 Å². The average molecular weight is 445 g/mol. The van der Waals surface area contributed by atoms with Crippen LogP contribution in [0.4, 0.5) is 0 Å². The van der Waals surface area contributed by atoms with Crippen molar-refractivity contribution in [1.29, 1.82) is 0 Å². The Hall–Kier alpha value is -3.16. The van der Waals surface area contributed by atoms with Crippen LogP contribution < -0.4 is 0 Å². The van der Waals surface area contributed by atoms with Gasteiger partial charge < -0.3 is 9.64 Å². The van der Waals surface area contributed by atoms with Crippen LogP contribution in [0.15, 0.2) is 60.1 Å². The number of carbonyl (C=O) groups excluding carboxylic acids is 1. The zero-order valence-corrected chi connectivity index (χ0v) is 18.7. The summed E-state index contributed by atoms with van der Waals surface area (Å²) in [5.41, 5.74) is 3.87. The average Bonchev–Trinajstić information content (AvgIpc) is 3.29. The van der Waals surface area contributed by atoms with Gasteiger partial charge in [-0.3, -0.25) is 9.78 Å². The van der Waals surface area contributed by atoms with Crippen LogP contribution >= 0.6 is 11.3 Å². The molecular weight excluding hydrogens is 420 g/mol. The molecule has 3 aromatic heterocycles. The fourth-order valence-electron chi connectivity index (χ4n) is 4.07. The minimum atomic E-state index is -0.0598. The number of ether oxygens (including phenoxy) is 1. The van der Waals surface area contributed by atoms with Crippen molar-refractivity contribution in [3.63, 3.8) is 0 Å². The smallest absolute Gasteiger partial charge is 0.223 e. The van der Waals surface area contributed by atoms with Crippen molar-refractivity contribution in [3.8, 4) is 22.6 Å². The summed E-state index contributed by atoms with van der Waals surface area (Å²) in [6.45, 7) is 4.58. The van der Waals surface area contributed by atoms with Gasteiger partial charge >= 0.3 is 0 Å². The molecule has 1 saturated heterocycles. The van der Waals surface area contributed by atoms with Crippen molar-refractivity contribution in [2.75, 3.05) is 26.3 Å². The lowest BCUT2D eigenvalue weighted by molar-refractivity contribution is -0.135. The van der Waals surface area contributed by atoms with Crippen molar-refractivity contribution in [3.05, 3.63) is 65.8 Å². The Bertz CT molecular complexity index is 1220. The van der Waals surface area contributed by atoms with Gasteiger partial charge in [-0.15, -0.1) is 11.3 Å². The summed E-state index contributed by atoms with van der Waals surface area (Å²) in [6.07, 6.45) is 2.15. The molecule has 4 heterocycles. The third-order valence-corrected chi connectivity index (χ3v) is 6.62. The molecule has 0 bridgehead atoms. The van der Waals surface area contributed by atoms with Crippen LogP contribution in [0.2, 0.25) is 0 Å². The molecule has 0 aliphatic carbocycles. The highest BCUT2D eigenvalue weighted by molar-refractivity contribution is 7.17. The SMILES string of the molecule is CC(CC(=O)N1CCOCC1)c1nc(-c2ccccn2)nc2scc(-c3ccccc3)c12. The number of nitrogens with zero attached hydrogens (tertiary/aromatic N) is 4. The van der Waals surface area contributed by atoms with E-state index in [-0.39, 0.29) is 11.8 Å². The van der Waals surface area contributed by atoms with Crippen molar-refractivity contribution >= 4 is 27.5 Å². The molecule has 162 valence electrons. The van der Waals surface area contributed by atoms with Crippen LogP contribution in [0.1, 0.15) is 25.0 Å². The number of thiophene rings is 1. The normalized spacial score (nSPS) is 15.1. The minimum absolute atomic E-state index is 0.0598. The lowest BCUT2D eigenvalue weighted by atomic mass is 9.96. The quantitative estimate of drug-likeness (QED) is 0.443. The summed E-state index contributed by atoms with van der Waals surface area (Å²) in [5.74, 6) is 0.680. The van der Waals surface area contributed by atoms with Crippen LogP contribution in [0.5, 0.6) is 0 Å². The standard InChI is InChI=1S/C25H24N4O2S/c1-17(15-21(30)29-11-13-31-14-12-29)23-22-19(18-7-3-2-4-8-18)16-32-25(22)28-24(27-23)20-9-5-6-10-26-20/h2-10,16-17H,11-15H2,1H3. The molecule has 1 atom stereocenters. The molecule has 1 fully saturated rings. The van der Waals surface area contributed by atoms with E-state index in [9.17, 15) is 4.79 Å². The second kappa shape index (κ2) is 9.14. The first-order chi connectivity index (χ1) is 15.7. The Balaban J connectivity index is 1.59. The lowest BCUT2D eigenvalue weighted by Crippen LogP contribution is -2.41. The second-order valence-electron chi connectivity index (χ2n) is 7.94. The number of carbonyl (C=O) groups is 1. The summed E-state index contributed by atoms with van der Waals surface area (Å²) in [5, 5.41) is 3.17. The number of benzene rings is 1. The molecule has 0 N–H and O–H groups in total. The van der Waals surface area contributed by atoms with Crippen molar-refractivity contribution in [2.24, 2.45) is 0 Å². The van der Waals surface area contributed by atoms with Gasteiger partial charge in [0.05, 0.1) is 18.9 Å². The van der Waals surface area contributed by atoms with Gasteiger partial charge in [-0.25, -0.2) is 9.97 Å². The first kappa shape index (κ1) is 20.7. The largest absolute Gasteiger partial charge is 0.378 e. The second-order valence-corrected chi connectivity index (χ2v) is 8.80. The zero-order valence-electron chi connectivity index (χ0n) is 17.9. The van der Waals surface area contributed by atoms with E-state index in [1.807, 2.05) is 41.3 Å². The molecule has 0 radical (unpaired) electrons. The van der Waals surface area contributed by atoms with Gasteiger partial charge in [-0.2, -0.15) is 0 Å². The highest BCUT2D eigenvalue weighted by Crippen LogP contribution is 2.39. The van der Waals surface area contributed by atoms with Crippen LogP contribution in [0, 0.1) is 0 Å². The van der Waals surface area contributed by atoms with E-state index in [4.69, 9.17) is 14.7 Å². The molecule has 5 rings (SSSR count). The minimum Gasteiger partial charge on any atom is -0.378 e. The van der Waals surface area contributed by atoms with Gasteiger partial charge in [0, 0.05) is 48.0 Å². The number of aromatic nitrogens is 3. The number of amides is 1. The van der Waals surface area contributed by atoms with E-state index >= 15 is 0 Å². The number of hydrogen-bond donors (Lipinski definition) is 0. The van der Waals surface area contributed by atoms with Crippen LogP contribution in [-0.4, -0.2) is 52.1 Å². The first-order valence-electron chi connectivity index (χ1n) is 10.8. The Labute approximate surface area is 190 Å². The number of rotatable bonds is 5. The van der Waals surface area contributed by atoms with Crippen molar-refractivity contribution in [1.82, 2.24) is 19.9 Å². The fraction of sp³-hybridized carbons (Fsp3) is 0.280. The molecule has 4 aromatic rings. The molecule has 7 heteroatoms. The number of hydrogen-bond acceptors (Lipinski definition) is 6. The molecule has 0 saturated carbocycles. The van der Waals surface area contributed by atoms with Crippen LogP contribution in [0.25, 0.3) is 32.9 Å². The van der Waals surface area contributed by atoms with E-state index in [0.29, 0.717) is 38.5 Å². The van der Waals surface area contributed by atoms with Gasteiger partial charge in [-0.1, -0.05) is 43.3 Å². The third kappa shape index (κ3) is 4.13. The zero-order chi connectivity index (χ0) is 21.9. The molecule has 1 amide bonds. The van der Waals surface area contributed by atoms with Gasteiger partial charge in [0.25, 0.3) is 0 Å². The van der Waals surface area contributed by atoms with Crippen molar-refractivity contribution < 1.29 is 9.53 Å². The number of morpholine rings is 1. The molecule has 1 unspecified atom stereocenters. The third-order valence-electron chi connectivity index (χ3n) is 5.75. The van der Waals surface area contributed by atoms with Gasteiger partial charge in [0.1, 0.15) is 10.5 Å². The molecule has 1 aromatic carbocycles. The van der Waals surface area contributed by atoms with Gasteiger partial charge in [0.15, 0.2) is 5.82 Å². The Kier molecular flexibility index (Phi) is 5.92. The first-order valence-corrected chi connectivity index (χ1v) is 11.7. The molecule has 32 heavy (non-hydrogen) atoms. The number of fused-ring (bicyclic) bond motifs is 1. The Morgan fingerprint density at radius 1 is 1.09 bits per heavy atom. The maximum absolute atomic E-state index is 13.0. The molecule has 1 aliphatic rings. The molecule has 1 aliphatic heterocycles. The van der Waals surface area contributed by atoms with Crippen molar-refractivity contribution in [2.45, 2.75) is 19.3 Å². The van der Waals surface area contributed by atoms with Gasteiger partial charge in [0.2, 0.25) is 5.91 Å². The lowest BCUT2D eigenvalue weighted by Gasteiger charge is -2.28. The predicted molar refractivity (Wildman–Crippen MR) is 127 cm³/mol. The fourth-order valence-corrected chi connectivity index (χ4v) is 5.02. The maximum Gasteiger partial charge on any atom is 0.223 e. The van der Waals surface area contributed by atoms with E-state index in [0.717, 1.165) is 32.7 Å². The van der Waals surface area contributed by atoms with Crippen LogP contribution in [0.3, 0.4) is 0 Å². The molecule has 0 spiro atoms. The summed E-state index contributed by atoms with van der Waals surface area (Å²) in [4.78, 5) is 30.0. The summed E-state index contributed by atoms with van der Waals surface area (Å²) in [7, 11) is 0. The van der Waals surface area contributed by atoms with E-state index in [1.165, 1.54) is 0 Å². The number of pyridine rings is 1. The summed E-state index contributed by atoms with van der Waals surface area (Å²) in [6, 6.07) is 16.0. The van der Waals surface area contributed by atoms with Crippen LogP contribution in [-0.2, 0) is 9.53 Å². The topological polar surface area (TPSA) is 68.2 Å². The predicted octanol–water partition coefficient (Wildman–Crippen LogP) is 4.77. The highest BCUT2D eigenvalue weighted by atomic mass is 32.1. The maximum atomic E-state index is 13.0. The van der Waals surface area contributed by atoms with E-state index < -0.39 is 0 Å². The van der Waals surface area contributed by atoms with Gasteiger partial charge in [-0.05, 0) is 17.7 Å². The monoisotopic (exact) mass is 444 g/mol. The summed E-state index contributed by atoms with van der Waals surface area (Å²) >= 11 is 1.61.